The average molecular weight is 375 g/mol. The molecule has 140 valence electrons. The fourth-order valence-electron chi connectivity index (χ4n) is 4.39. The van der Waals surface area contributed by atoms with Gasteiger partial charge in [0.25, 0.3) is 5.91 Å². The number of hydrogen-bond acceptors (Lipinski definition) is 3. The van der Waals surface area contributed by atoms with E-state index < -0.39 is 0 Å². The number of hydrogen-bond donors (Lipinski definition) is 1. The van der Waals surface area contributed by atoms with E-state index in [2.05, 4.69) is 16.3 Å². The predicted octanol–water partition coefficient (Wildman–Crippen LogP) is 3.97. The minimum absolute atomic E-state index is 0.0746. The molecule has 2 heterocycles. The quantitative estimate of drug-likeness (QED) is 0.793. The third kappa shape index (κ3) is 3.91. The normalized spacial score (nSPS) is 22.7. The van der Waals surface area contributed by atoms with Gasteiger partial charge in [0.15, 0.2) is 0 Å². The van der Waals surface area contributed by atoms with Crippen LogP contribution in [0.25, 0.3) is 0 Å². The van der Waals surface area contributed by atoms with Crippen LogP contribution in [0.2, 0.25) is 5.02 Å². The van der Waals surface area contributed by atoms with Crippen molar-refractivity contribution in [2.24, 2.45) is 0 Å². The van der Waals surface area contributed by atoms with E-state index in [1.807, 2.05) is 6.07 Å². The highest BCUT2D eigenvalue weighted by Gasteiger charge is 2.27. The number of likely N-dealkylation sites (tertiary alicyclic amines) is 1. The summed E-state index contributed by atoms with van der Waals surface area (Å²) < 4.78 is 5.66. The second-order valence-electron chi connectivity index (χ2n) is 7.62. The summed E-state index contributed by atoms with van der Waals surface area (Å²) in [6.07, 6.45) is 10.7. The second-order valence-corrected chi connectivity index (χ2v) is 8.06. The molecule has 1 N–H and O–H groups in total. The third-order valence-corrected chi connectivity index (χ3v) is 6.00. The number of halogens is 1. The van der Waals surface area contributed by atoms with Crippen molar-refractivity contribution in [3.8, 4) is 5.75 Å². The fraction of sp³-hybridized carbons (Fsp3) is 0.571. The summed E-state index contributed by atoms with van der Waals surface area (Å²) in [4.78, 5) is 15.3. The minimum atomic E-state index is -0.0746. The molecule has 1 unspecified atom stereocenters. The van der Waals surface area contributed by atoms with Gasteiger partial charge in [0.05, 0.1) is 12.2 Å². The Kier molecular flexibility index (Phi) is 5.51. The Morgan fingerprint density at radius 3 is 3.04 bits per heavy atom. The Morgan fingerprint density at radius 1 is 1.27 bits per heavy atom. The van der Waals surface area contributed by atoms with Crippen molar-refractivity contribution in [3.05, 3.63) is 39.9 Å². The topological polar surface area (TPSA) is 41.6 Å². The van der Waals surface area contributed by atoms with Crippen molar-refractivity contribution in [2.45, 2.75) is 51.0 Å². The molecule has 1 fully saturated rings. The van der Waals surface area contributed by atoms with Crippen molar-refractivity contribution in [1.29, 1.82) is 0 Å². The molecule has 26 heavy (non-hydrogen) atoms. The number of ether oxygens (including phenoxy) is 1. The summed E-state index contributed by atoms with van der Waals surface area (Å²) in [5, 5.41) is 3.73. The maximum absolute atomic E-state index is 12.7. The fourth-order valence-corrected chi connectivity index (χ4v) is 4.63. The van der Waals surface area contributed by atoms with Crippen LogP contribution in [0.15, 0.2) is 23.8 Å². The lowest BCUT2D eigenvalue weighted by atomic mass is 9.99. The lowest BCUT2D eigenvalue weighted by Gasteiger charge is -2.27. The highest BCUT2D eigenvalue weighted by molar-refractivity contribution is 6.31. The molecule has 4 nitrogen and oxygen atoms in total. The molecule has 1 atom stereocenters. The average Bonchev–Trinajstić information content (AvgIpc) is 3.29. The van der Waals surface area contributed by atoms with E-state index in [1.54, 1.807) is 11.6 Å². The van der Waals surface area contributed by atoms with Crippen LogP contribution in [-0.2, 0) is 6.42 Å². The van der Waals surface area contributed by atoms with Gasteiger partial charge in [-0.3, -0.25) is 9.69 Å². The summed E-state index contributed by atoms with van der Waals surface area (Å²) in [5.74, 6) is 0.636. The van der Waals surface area contributed by atoms with Crippen molar-refractivity contribution >= 4 is 17.5 Å². The number of allylic oxidation sites excluding steroid dienone is 1. The molecule has 0 bridgehead atoms. The monoisotopic (exact) mass is 374 g/mol. The molecule has 1 amide bonds. The van der Waals surface area contributed by atoms with Gasteiger partial charge in [0.1, 0.15) is 5.75 Å². The number of benzene rings is 1. The zero-order chi connectivity index (χ0) is 17.9. The SMILES string of the molecule is O=C(NCC1CCCN1CC1=CCCCC1)c1cc(Cl)cc2c1OCC2. The minimum Gasteiger partial charge on any atom is -0.492 e. The Labute approximate surface area is 160 Å². The van der Waals surface area contributed by atoms with Crippen molar-refractivity contribution < 1.29 is 9.53 Å². The van der Waals surface area contributed by atoms with Gasteiger partial charge >= 0.3 is 0 Å². The first-order chi connectivity index (χ1) is 12.7. The van der Waals surface area contributed by atoms with Crippen LogP contribution in [-0.4, -0.2) is 43.1 Å². The van der Waals surface area contributed by atoms with Crippen molar-refractivity contribution in [1.82, 2.24) is 10.2 Å². The van der Waals surface area contributed by atoms with Gasteiger partial charge in [-0.15, -0.1) is 0 Å². The maximum Gasteiger partial charge on any atom is 0.255 e. The van der Waals surface area contributed by atoms with Crippen LogP contribution in [0.3, 0.4) is 0 Å². The highest BCUT2D eigenvalue weighted by atomic mass is 35.5. The molecule has 1 aromatic carbocycles. The Morgan fingerprint density at radius 2 is 2.19 bits per heavy atom. The number of rotatable bonds is 5. The zero-order valence-corrected chi connectivity index (χ0v) is 16.0. The lowest BCUT2D eigenvalue weighted by Crippen LogP contribution is -2.41. The van der Waals surface area contributed by atoms with E-state index in [4.69, 9.17) is 16.3 Å². The Bertz CT molecular complexity index is 716. The zero-order valence-electron chi connectivity index (χ0n) is 15.2. The summed E-state index contributed by atoms with van der Waals surface area (Å²) in [6.45, 7) is 3.51. The molecule has 0 radical (unpaired) electrons. The summed E-state index contributed by atoms with van der Waals surface area (Å²) in [7, 11) is 0. The number of carbonyl (C=O) groups excluding carboxylic acids is 1. The van der Waals surface area contributed by atoms with E-state index >= 15 is 0 Å². The Hall–Kier alpha value is -1.52. The smallest absolute Gasteiger partial charge is 0.255 e. The van der Waals surface area contributed by atoms with Crippen molar-refractivity contribution in [2.75, 3.05) is 26.2 Å². The van der Waals surface area contributed by atoms with E-state index in [-0.39, 0.29) is 5.91 Å². The number of nitrogens with one attached hydrogen (secondary N) is 1. The van der Waals surface area contributed by atoms with Crippen molar-refractivity contribution in [3.63, 3.8) is 0 Å². The number of nitrogens with zero attached hydrogens (tertiary/aromatic N) is 1. The summed E-state index contributed by atoms with van der Waals surface area (Å²) in [6, 6.07) is 4.05. The van der Waals surface area contributed by atoms with Gasteiger partial charge in [-0.2, -0.15) is 0 Å². The van der Waals surface area contributed by atoms with Gasteiger partial charge in [0.2, 0.25) is 0 Å². The lowest BCUT2D eigenvalue weighted by molar-refractivity contribution is 0.0938. The van der Waals surface area contributed by atoms with E-state index in [0.29, 0.717) is 35.5 Å². The van der Waals surface area contributed by atoms with E-state index in [0.717, 1.165) is 31.5 Å². The van der Waals surface area contributed by atoms with Gasteiger partial charge in [-0.05, 0) is 62.8 Å². The Balaban J connectivity index is 1.37. The van der Waals surface area contributed by atoms with Crippen LogP contribution in [0.5, 0.6) is 5.75 Å². The van der Waals surface area contributed by atoms with Gasteiger partial charge in [-0.25, -0.2) is 0 Å². The molecule has 0 spiro atoms. The van der Waals surface area contributed by atoms with Crippen LogP contribution >= 0.6 is 11.6 Å². The molecule has 2 aliphatic heterocycles. The molecule has 1 aromatic rings. The van der Waals surface area contributed by atoms with Crippen LogP contribution in [0.4, 0.5) is 0 Å². The standard InChI is InChI=1S/C21H27ClN2O2/c22-17-11-16-8-10-26-20(16)19(12-17)21(25)23-13-18-7-4-9-24(18)14-15-5-2-1-3-6-15/h5,11-12,18H,1-4,6-10,13-14H2,(H,23,25). The largest absolute Gasteiger partial charge is 0.492 e. The molecule has 1 aliphatic carbocycles. The predicted molar refractivity (Wildman–Crippen MR) is 104 cm³/mol. The van der Waals surface area contributed by atoms with E-state index in [1.165, 1.54) is 32.1 Å². The molecule has 0 saturated carbocycles. The maximum atomic E-state index is 12.7. The van der Waals surface area contributed by atoms with Crippen LogP contribution in [0.1, 0.15) is 54.4 Å². The third-order valence-electron chi connectivity index (χ3n) is 5.78. The molecular formula is C21H27ClN2O2. The summed E-state index contributed by atoms with van der Waals surface area (Å²) in [5.41, 5.74) is 3.19. The van der Waals surface area contributed by atoms with Gasteiger partial charge < -0.3 is 10.1 Å². The second kappa shape index (κ2) is 8.01. The molecule has 5 heteroatoms. The molecular weight excluding hydrogens is 348 g/mol. The first-order valence-corrected chi connectivity index (χ1v) is 10.2. The summed E-state index contributed by atoms with van der Waals surface area (Å²) >= 11 is 6.18. The van der Waals surface area contributed by atoms with Crippen LogP contribution < -0.4 is 10.1 Å². The number of carbonyl (C=O) groups is 1. The van der Waals surface area contributed by atoms with Gasteiger partial charge in [0, 0.05) is 30.6 Å². The molecule has 4 rings (SSSR count). The van der Waals surface area contributed by atoms with Gasteiger partial charge in [-0.1, -0.05) is 23.3 Å². The molecule has 3 aliphatic rings. The molecule has 1 saturated heterocycles. The first kappa shape index (κ1) is 17.9. The molecule has 0 aromatic heterocycles. The van der Waals surface area contributed by atoms with E-state index in [9.17, 15) is 4.79 Å². The number of fused-ring (bicyclic) bond motifs is 1. The first-order valence-electron chi connectivity index (χ1n) is 9.86. The van der Waals surface area contributed by atoms with Crippen LogP contribution in [0, 0.1) is 0 Å². The number of amides is 1. The highest BCUT2D eigenvalue weighted by Crippen LogP contribution is 2.33.